The van der Waals surface area contributed by atoms with E-state index in [0.717, 1.165) is 0 Å². The van der Waals surface area contributed by atoms with Crippen LogP contribution in [0.5, 0.6) is 5.75 Å². The fourth-order valence-electron chi connectivity index (χ4n) is 1.83. The molecule has 0 aliphatic rings. The number of hydrogen-bond donors (Lipinski definition) is 2. The van der Waals surface area contributed by atoms with Crippen LogP contribution in [0.15, 0.2) is 54.1 Å². The van der Waals surface area contributed by atoms with Crippen molar-refractivity contribution >= 4 is 23.4 Å². The maximum atomic E-state index is 12.1. The molecule has 0 aliphatic carbocycles. The summed E-state index contributed by atoms with van der Waals surface area (Å²) in [5, 5.41) is 31.6. The molecule has 114 valence electrons. The summed E-state index contributed by atoms with van der Waals surface area (Å²) in [5.74, 6) is -0.688. The van der Waals surface area contributed by atoms with Gasteiger partial charge in [-0.05, 0) is 29.8 Å². The number of aromatic hydroxyl groups is 1. The first kappa shape index (κ1) is 15.7. The van der Waals surface area contributed by atoms with Crippen LogP contribution in [0.4, 0.5) is 11.4 Å². The topological polar surface area (TPSA) is 116 Å². The third-order valence-electron chi connectivity index (χ3n) is 2.86. The van der Waals surface area contributed by atoms with Gasteiger partial charge in [-0.25, -0.2) is 0 Å². The van der Waals surface area contributed by atoms with Crippen LogP contribution in [-0.2, 0) is 4.79 Å². The van der Waals surface area contributed by atoms with Crippen molar-refractivity contribution in [3.8, 4) is 11.8 Å². The van der Waals surface area contributed by atoms with Gasteiger partial charge in [-0.15, -0.1) is 0 Å². The largest absolute Gasteiger partial charge is 0.508 e. The number of carbonyl (C=O) groups is 1. The lowest BCUT2D eigenvalue weighted by Gasteiger charge is -2.04. The smallest absolute Gasteiger partial charge is 0.271 e. The number of nitro groups is 1. The van der Waals surface area contributed by atoms with Gasteiger partial charge in [0.2, 0.25) is 0 Å². The van der Waals surface area contributed by atoms with E-state index in [1.165, 1.54) is 42.5 Å². The van der Waals surface area contributed by atoms with Crippen molar-refractivity contribution in [3.05, 3.63) is 69.8 Å². The Hall–Kier alpha value is -3.66. The monoisotopic (exact) mass is 309 g/mol. The average Bonchev–Trinajstić information content (AvgIpc) is 2.52. The van der Waals surface area contributed by atoms with Gasteiger partial charge in [-0.2, -0.15) is 5.26 Å². The zero-order valence-corrected chi connectivity index (χ0v) is 11.8. The van der Waals surface area contributed by atoms with E-state index in [4.69, 9.17) is 5.26 Å². The number of nitrogens with zero attached hydrogens (tertiary/aromatic N) is 2. The Morgan fingerprint density at radius 3 is 2.65 bits per heavy atom. The predicted molar refractivity (Wildman–Crippen MR) is 83.4 cm³/mol. The molecule has 0 aromatic heterocycles. The molecule has 2 N–H and O–H groups in total. The summed E-state index contributed by atoms with van der Waals surface area (Å²) in [5.41, 5.74) is 0.331. The van der Waals surface area contributed by atoms with Gasteiger partial charge in [0, 0.05) is 17.8 Å². The molecule has 23 heavy (non-hydrogen) atoms. The van der Waals surface area contributed by atoms with Crippen LogP contribution < -0.4 is 5.32 Å². The zero-order valence-electron chi connectivity index (χ0n) is 11.8. The molecular weight excluding hydrogens is 298 g/mol. The highest BCUT2D eigenvalue weighted by Gasteiger charge is 2.12. The van der Waals surface area contributed by atoms with Crippen LogP contribution in [0.1, 0.15) is 5.56 Å². The van der Waals surface area contributed by atoms with Gasteiger partial charge in [0.05, 0.1) is 4.92 Å². The molecule has 1 amide bonds. The molecule has 7 nitrogen and oxygen atoms in total. The molecule has 7 heteroatoms. The van der Waals surface area contributed by atoms with Gasteiger partial charge in [0.1, 0.15) is 17.4 Å². The second-order valence-corrected chi connectivity index (χ2v) is 4.53. The Bertz CT molecular complexity index is 837. The minimum Gasteiger partial charge on any atom is -0.508 e. The van der Waals surface area contributed by atoms with Gasteiger partial charge in [0.15, 0.2) is 0 Å². The number of phenolic OH excluding ortho intramolecular Hbond substituents is 1. The Labute approximate surface area is 131 Å². The van der Waals surface area contributed by atoms with Gasteiger partial charge in [-0.3, -0.25) is 14.9 Å². The van der Waals surface area contributed by atoms with E-state index in [-0.39, 0.29) is 22.7 Å². The molecule has 0 saturated carbocycles. The second kappa shape index (κ2) is 6.87. The van der Waals surface area contributed by atoms with E-state index >= 15 is 0 Å². The summed E-state index contributed by atoms with van der Waals surface area (Å²) in [6, 6.07) is 13.2. The SMILES string of the molecule is N#C/C(=C/c1cccc(O)c1)C(=O)Nc1cccc([N+](=O)[O-])c1. The first-order chi connectivity index (χ1) is 11.0. The summed E-state index contributed by atoms with van der Waals surface area (Å²) >= 11 is 0. The molecule has 0 aliphatic heterocycles. The third-order valence-corrected chi connectivity index (χ3v) is 2.86. The Kier molecular flexibility index (Phi) is 4.69. The van der Waals surface area contributed by atoms with Crippen LogP contribution >= 0.6 is 0 Å². The number of non-ortho nitro benzene ring substituents is 1. The minimum atomic E-state index is -0.698. The second-order valence-electron chi connectivity index (χ2n) is 4.53. The van der Waals surface area contributed by atoms with Gasteiger partial charge in [-0.1, -0.05) is 18.2 Å². The van der Waals surface area contributed by atoms with E-state index in [1.54, 1.807) is 18.2 Å². The van der Waals surface area contributed by atoms with E-state index in [9.17, 15) is 20.0 Å². The number of carbonyl (C=O) groups excluding carboxylic acids is 1. The number of nitro benzene ring substituents is 1. The van der Waals surface area contributed by atoms with Crippen LogP contribution in [0.3, 0.4) is 0 Å². The number of rotatable bonds is 4. The van der Waals surface area contributed by atoms with Crippen molar-refractivity contribution in [1.82, 2.24) is 0 Å². The van der Waals surface area contributed by atoms with Gasteiger partial charge in [0.25, 0.3) is 11.6 Å². The number of hydrogen-bond acceptors (Lipinski definition) is 5. The van der Waals surface area contributed by atoms with E-state index in [2.05, 4.69) is 5.32 Å². The Morgan fingerprint density at radius 2 is 2.00 bits per heavy atom. The quantitative estimate of drug-likeness (QED) is 0.390. The fraction of sp³-hybridized carbons (Fsp3) is 0. The summed E-state index contributed by atoms with van der Waals surface area (Å²) in [6.45, 7) is 0. The van der Waals surface area contributed by atoms with Crippen LogP contribution in [0, 0.1) is 21.4 Å². The minimum absolute atomic E-state index is 0.00938. The normalized spacial score (nSPS) is 10.7. The molecule has 0 bridgehead atoms. The van der Waals surface area contributed by atoms with Crippen LogP contribution in [-0.4, -0.2) is 15.9 Å². The summed E-state index contributed by atoms with van der Waals surface area (Å²) in [6.07, 6.45) is 1.31. The number of anilines is 1. The average molecular weight is 309 g/mol. The third kappa shape index (κ3) is 4.15. The maximum Gasteiger partial charge on any atom is 0.271 e. The first-order valence-corrected chi connectivity index (χ1v) is 6.46. The summed E-state index contributed by atoms with van der Waals surface area (Å²) in [7, 11) is 0. The zero-order chi connectivity index (χ0) is 16.8. The highest BCUT2D eigenvalue weighted by molar-refractivity contribution is 6.09. The van der Waals surface area contributed by atoms with Crippen molar-refractivity contribution < 1.29 is 14.8 Å². The van der Waals surface area contributed by atoms with Crippen molar-refractivity contribution in [2.45, 2.75) is 0 Å². The highest BCUT2D eigenvalue weighted by atomic mass is 16.6. The number of amides is 1. The maximum absolute atomic E-state index is 12.1. The number of phenols is 1. The van der Waals surface area contributed by atoms with Gasteiger partial charge < -0.3 is 10.4 Å². The molecule has 0 saturated heterocycles. The Balaban J connectivity index is 2.23. The molecule has 2 rings (SSSR count). The molecule has 0 spiro atoms. The van der Waals surface area contributed by atoms with Gasteiger partial charge >= 0.3 is 0 Å². The highest BCUT2D eigenvalue weighted by Crippen LogP contribution is 2.19. The van der Waals surface area contributed by atoms with Crippen molar-refractivity contribution in [1.29, 1.82) is 5.26 Å². The first-order valence-electron chi connectivity index (χ1n) is 6.46. The van der Waals surface area contributed by atoms with Crippen molar-refractivity contribution in [3.63, 3.8) is 0 Å². The molecule has 0 radical (unpaired) electrons. The fourth-order valence-corrected chi connectivity index (χ4v) is 1.83. The summed E-state index contributed by atoms with van der Waals surface area (Å²) < 4.78 is 0. The van der Waals surface area contributed by atoms with Crippen LogP contribution in [0.25, 0.3) is 6.08 Å². The molecule has 0 unspecified atom stereocenters. The molecule has 0 heterocycles. The van der Waals surface area contributed by atoms with E-state index < -0.39 is 10.8 Å². The molecular formula is C16H11N3O4. The molecule has 0 atom stereocenters. The van der Waals surface area contributed by atoms with Crippen molar-refractivity contribution in [2.75, 3.05) is 5.32 Å². The standard InChI is InChI=1S/C16H11N3O4/c17-10-12(7-11-3-1-6-15(20)8-11)16(21)18-13-4-2-5-14(9-13)19(22)23/h1-9,20H,(H,18,21)/b12-7-. The predicted octanol–water partition coefficient (Wildman–Crippen LogP) is 2.85. The lowest BCUT2D eigenvalue weighted by Crippen LogP contribution is -2.13. The number of benzene rings is 2. The molecule has 2 aromatic carbocycles. The van der Waals surface area contributed by atoms with E-state index in [0.29, 0.717) is 5.56 Å². The number of nitriles is 1. The van der Waals surface area contributed by atoms with Crippen LogP contribution in [0.2, 0.25) is 0 Å². The molecule has 0 fully saturated rings. The van der Waals surface area contributed by atoms with Crippen molar-refractivity contribution in [2.24, 2.45) is 0 Å². The van der Waals surface area contributed by atoms with E-state index in [1.807, 2.05) is 0 Å². The Morgan fingerprint density at radius 1 is 1.26 bits per heavy atom. The number of nitrogens with one attached hydrogen (secondary N) is 1. The lowest BCUT2D eigenvalue weighted by molar-refractivity contribution is -0.384. The molecule has 2 aromatic rings. The lowest BCUT2D eigenvalue weighted by atomic mass is 10.1. The summed E-state index contributed by atoms with van der Waals surface area (Å²) in [4.78, 5) is 22.2.